The van der Waals surface area contributed by atoms with Gasteiger partial charge in [0, 0.05) is 11.1 Å². The van der Waals surface area contributed by atoms with Gasteiger partial charge >= 0.3 is 6.18 Å². The molecule has 0 bridgehead atoms. The Kier molecular flexibility index (Phi) is 3.65. The summed E-state index contributed by atoms with van der Waals surface area (Å²) in [4.78, 5) is 0. The number of aliphatic hydroxyl groups is 1. The van der Waals surface area contributed by atoms with Crippen molar-refractivity contribution in [2.75, 3.05) is 0 Å². The van der Waals surface area contributed by atoms with Crippen molar-refractivity contribution in [3.05, 3.63) is 72.1 Å². The van der Waals surface area contributed by atoms with Gasteiger partial charge in [-0.3, -0.25) is 0 Å². The molecule has 0 aliphatic carbocycles. The largest absolute Gasteiger partial charge is 0.430 e. The first-order valence-corrected chi connectivity index (χ1v) is 6.67. The highest BCUT2D eigenvalue weighted by Gasteiger charge is 2.60. The number of alkyl halides is 3. The van der Waals surface area contributed by atoms with E-state index in [0.29, 0.717) is 5.56 Å². The molecule has 1 atom stereocenters. The fourth-order valence-electron chi connectivity index (χ4n) is 2.15. The number of nitrogens with zero attached hydrogens (tertiary/aromatic N) is 2. The van der Waals surface area contributed by atoms with E-state index in [9.17, 15) is 18.3 Å². The smallest absolute Gasteiger partial charge is 0.417 e. The van der Waals surface area contributed by atoms with Crippen LogP contribution < -0.4 is 0 Å². The summed E-state index contributed by atoms with van der Waals surface area (Å²) >= 11 is 0. The summed E-state index contributed by atoms with van der Waals surface area (Å²) in [5, 5.41) is 17.4. The lowest BCUT2D eigenvalue weighted by molar-refractivity contribution is -0.255. The molecule has 4 nitrogen and oxygen atoms in total. The molecule has 0 aliphatic heterocycles. The quantitative estimate of drug-likeness (QED) is 0.802. The van der Waals surface area contributed by atoms with Crippen LogP contribution in [0.25, 0.3) is 11.5 Å². The zero-order chi connectivity index (χ0) is 16.5. The summed E-state index contributed by atoms with van der Waals surface area (Å²) in [5.74, 6) is -1.02. The Hall–Kier alpha value is -2.67. The number of halogens is 3. The van der Waals surface area contributed by atoms with Crippen LogP contribution in [0.3, 0.4) is 0 Å². The molecule has 0 saturated carbocycles. The van der Waals surface area contributed by atoms with Gasteiger partial charge in [0.15, 0.2) is 0 Å². The molecule has 3 aromatic rings. The second-order valence-electron chi connectivity index (χ2n) is 4.85. The average molecular weight is 320 g/mol. The van der Waals surface area contributed by atoms with Gasteiger partial charge in [0.1, 0.15) is 0 Å². The Labute approximate surface area is 129 Å². The Morgan fingerprint density at radius 1 is 0.826 bits per heavy atom. The lowest BCUT2D eigenvalue weighted by Crippen LogP contribution is -2.43. The number of aromatic nitrogens is 2. The van der Waals surface area contributed by atoms with Crippen LogP contribution in [0.2, 0.25) is 0 Å². The summed E-state index contributed by atoms with van der Waals surface area (Å²) in [6.45, 7) is 0. The first-order chi connectivity index (χ1) is 10.9. The fraction of sp³-hybridized carbons (Fsp3) is 0.125. The summed E-state index contributed by atoms with van der Waals surface area (Å²) < 4.78 is 45.7. The molecule has 1 unspecified atom stereocenters. The molecule has 0 saturated heterocycles. The summed E-state index contributed by atoms with van der Waals surface area (Å²) in [5.41, 5.74) is -3.30. The third-order valence-electron chi connectivity index (χ3n) is 3.36. The van der Waals surface area contributed by atoms with Crippen molar-refractivity contribution < 1.29 is 22.7 Å². The monoisotopic (exact) mass is 320 g/mol. The highest BCUT2D eigenvalue weighted by Crippen LogP contribution is 2.43. The molecule has 7 heteroatoms. The highest BCUT2D eigenvalue weighted by atomic mass is 19.4. The van der Waals surface area contributed by atoms with Crippen LogP contribution in [0.1, 0.15) is 11.5 Å². The van der Waals surface area contributed by atoms with Crippen molar-refractivity contribution in [3.8, 4) is 11.5 Å². The number of hydrogen-bond acceptors (Lipinski definition) is 4. The third-order valence-corrected chi connectivity index (χ3v) is 3.36. The Bertz CT molecular complexity index is 788. The molecule has 2 aromatic carbocycles. The molecule has 0 fully saturated rings. The van der Waals surface area contributed by atoms with E-state index in [4.69, 9.17) is 4.42 Å². The van der Waals surface area contributed by atoms with Crippen LogP contribution in [0.4, 0.5) is 13.2 Å². The van der Waals surface area contributed by atoms with Crippen molar-refractivity contribution in [3.63, 3.8) is 0 Å². The predicted octanol–water partition coefficient (Wildman–Crippen LogP) is 3.53. The van der Waals surface area contributed by atoms with Crippen LogP contribution in [0.5, 0.6) is 0 Å². The van der Waals surface area contributed by atoms with Crippen molar-refractivity contribution >= 4 is 0 Å². The van der Waals surface area contributed by atoms with Crippen LogP contribution >= 0.6 is 0 Å². The van der Waals surface area contributed by atoms with Gasteiger partial charge in [0.05, 0.1) is 0 Å². The minimum Gasteiger partial charge on any atom is -0.417 e. The van der Waals surface area contributed by atoms with Gasteiger partial charge in [-0.15, -0.1) is 10.2 Å². The third kappa shape index (κ3) is 2.59. The molecular formula is C16H11F3N2O2. The molecule has 23 heavy (non-hydrogen) atoms. The maximum atomic E-state index is 13.5. The zero-order valence-corrected chi connectivity index (χ0v) is 11.7. The second-order valence-corrected chi connectivity index (χ2v) is 4.85. The maximum absolute atomic E-state index is 13.5. The van der Waals surface area contributed by atoms with E-state index >= 15 is 0 Å². The van der Waals surface area contributed by atoms with Gasteiger partial charge in [0.25, 0.3) is 11.5 Å². The summed E-state index contributed by atoms with van der Waals surface area (Å²) in [6.07, 6.45) is -5.02. The lowest BCUT2D eigenvalue weighted by Gasteiger charge is -2.27. The Balaban J connectivity index is 2.11. The minimum atomic E-state index is -5.02. The summed E-state index contributed by atoms with van der Waals surface area (Å²) in [7, 11) is 0. The van der Waals surface area contributed by atoms with Gasteiger partial charge in [-0.2, -0.15) is 13.2 Å². The first kappa shape index (κ1) is 15.2. The van der Waals surface area contributed by atoms with Gasteiger partial charge in [-0.05, 0) is 12.1 Å². The van der Waals surface area contributed by atoms with E-state index in [2.05, 4.69) is 10.2 Å². The highest BCUT2D eigenvalue weighted by molar-refractivity contribution is 5.52. The van der Waals surface area contributed by atoms with Crippen molar-refractivity contribution in [1.82, 2.24) is 10.2 Å². The molecule has 118 valence electrons. The van der Waals surface area contributed by atoms with Gasteiger partial charge in [-0.1, -0.05) is 48.5 Å². The normalized spacial score (nSPS) is 14.4. The number of rotatable bonds is 3. The van der Waals surface area contributed by atoms with E-state index in [1.54, 1.807) is 36.4 Å². The number of hydrogen-bond donors (Lipinski definition) is 1. The van der Waals surface area contributed by atoms with Crippen molar-refractivity contribution in [2.24, 2.45) is 0 Å². The van der Waals surface area contributed by atoms with Crippen LogP contribution in [0.15, 0.2) is 65.1 Å². The fourth-order valence-corrected chi connectivity index (χ4v) is 2.15. The Morgan fingerprint density at radius 2 is 1.39 bits per heavy atom. The molecule has 1 N–H and O–H groups in total. The van der Waals surface area contributed by atoms with Crippen molar-refractivity contribution in [1.29, 1.82) is 0 Å². The Morgan fingerprint density at radius 3 is 1.96 bits per heavy atom. The van der Waals surface area contributed by atoms with Crippen molar-refractivity contribution in [2.45, 2.75) is 11.8 Å². The topological polar surface area (TPSA) is 59.2 Å². The molecule has 3 rings (SSSR count). The van der Waals surface area contributed by atoms with Crippen LogP contribution in [-0.2, 0) is 5.60 Å². The standard InChI is InChI=1S/C16H11F3N2O2/c17-16(18,19)15(22,12-9-5-2-6-10-12)14-21-20-13(23-14)11-7-3-1-4-8-11/h1-10,22H. The van der Waals surface area contributed by atoms with Gasteiger partial charge in [-0.25, -0.2) is 0 Å². The van der Waals surface area contributed by atoms with Gasteiger partial charge < -0.3 is 9.52 Å². The van der Waals surface area contributed by atoms with Crippen LogP contribution in [-0.4, -0.2) is 21.5 Å². The molecule has 1 aromatic heterocycles. The first-order valence-electron chi connectivity index (χ1n) is 6.67. The molecule has 0 spiro atoms. The molecule has 0 radical (unpaired) electrons. The summed E-state index contributed by atoms with van der Waals surface area (Å²) in [6, 6.07) is 15.0. The van der Waals surface area contributed by atoms with Gasteiger partial charge in [0.2, 0.25) is 5.89 Å². The number of benzene rings is 2. The molecule has 1 heterocycles. The minimum absolute atomic E-state index is 0.0980. The van der Waals surface area contributed by atoms with Crippen LogP contribution in [0, 0.1) is 0 Å². The molecule has 0 amide bonds. The molecular weight excluding hydrogens is 309 g/mol. The SMILES string of the molecule is OC(c1ccccc1)(c1nnc(-c2ccccc2)o1)C(F)(F)F. The van der Waals surface area contributed by atoms with E-state index in [1.807, 2.05) is 0 Å². The predicted molar refractivity (Wildman–Crippen MR) is 75.2 cm³/mol. The van der Waals surface area contributed by atoms with E-state index in [0.717, 1.165) is 12.1 Å². The second kappa shape index (κ2) is 5.51. The molecule has 0 aliphatic rings. The maximum Gasteiger partial charge on any atom is 0.430 e. The van der Waals surface area contributed by atoms with E-state index < -0.39 is 23.2 Å². The van der Waals surface area contributed by atoms with E-state index in [1.165, 1.54) is 12.1 Å². The average Bonchev–Trinajstić information content (AvgIpc) is 3.05. The van der Waals surface area contributed by atoms with E-state index in [-0.39, 0.29) is 5.89 Å². The lowest BCUT2D eigenvalue weighted by atomic mass is 9.93. The zero-order valence-electron chi connectivity index (χ0n) is 11.7.